The number of hydrogen-bond donors (Lipinski definition) is 1. The van der Waals surface area contributed by atoms with Crippen LogP contribution in [0, 0.1) is 0 Å². The van der Waals surface area contributed by atoms with Gasteiger partial charge in [-0.2, -0.15) is 0 Å². The average Bonchev–Trinajstić information content (AvgIpc) is 3.15. The molecule has 3 aromatic rings. The molecule has 0 aliphatic heterocycles. The fraction of sp³-hybridized carbons (Fsp3) is 0.200. The number of aromatic nitrogens is 2. The largest absolute Gasteiger partial charge is 0.365 e. The summed E-state index contributed by atoms with van der Waals surface area (Å²) in [6.07, 6.45) is 3.95. The molecule has 0 unspecified atom stereocenters. The molecule has 1 aromatic carbocycles. The Morgan fingerprint density at radius 1 is 1.15 bits per heavy atom. The molecule has 0 saturated heterocycles. The Morgan fingerprint density at radius 3 is 2.75 bits per heavy atom. The predicted octanol–water partition coefficient (Wildman–Crippen LogP) is 4.09. The van der Waals surface area contributed by atoms with Crippen molar-refractivity contribution in [2.24, 2.45) is 0 Å². The van der Waals surface area contributed by atoms with E-state index in [-0.39, 0.29) is 0 Å². The zero-order valence-corrected chi connectivity index (χ0v) is 12.8. The van der Waals surface area contributed by atoms with Gasteiger partial charge >= 0.3 is 0 Å². The molecular formula is C15H15N3S2. The first kappa shape index (κ1) is 13.3. The zero-order valence-electron chi connectivity index (χ0n) is 11.2. The van der Waals surface area contributed by atoms with Gasteiger partial charge in [-0.1, -0.05) is 30.3 Å². The molecule has 0 aliphatic rings. The van der Waals surface area contributed by atoms with Crippen molar-refractivity contribution in [2.75, 3.05) is 12.4 Å². The van der Waals surface area contributed by atoms with E-state index < -0.39 is 0 Å². The van der Waals surface area contributed by atoms with Crippen LogP contribution in [-0.4, -0.2) is 17.0 Å². The molecule has 3 rings (SSSR count). The Bertz CT molecular complexity index is 673. The van der Waals surface area contributed by atoms with Crippen LogP contribution >= 0.6 is 22.7 Å². The van der Waals surface area contributed by atoms with Gasteiger partial charge in [-0.3, -0.25) is 0 Å². The minimum absolute atomic E-state index is 0.944. The van der Waals surface area contributed by atoms with Crippen LogP contribution in [0.4, 0.5) is 5.13 Å². The number of aryl methyl sites for hydroxylation is 2. The van der Waals surface area contributed by atoms with Crippen LogP contribution in [0.15, 0.2) is 41.9 Å². The van der Waals surface area contributed by atoms with E-state index in [1.807, 2.05) is 19.3 Å². The third-order valence-corrected chi connectivity index (χ3v) is 4.93. The Kier molecular flexibility index (Phi) is 4.08. The van der Waals surface area contributed by atoms with E-state index >= 15 is 0 Å². The third kappa shape index (κ3) is 3.05. The molecule has 1 N–H and O–H groups in total. The SMILES string of the molecule is CNc1nc(-c2cnc(CCc3ccccc3)s2)cs1. The molecule has 5 heteroatoms. The lowest BCUT2D eigenvalue weighted by Gasteiger charge is -1.97. The summed E-state index contributed by atoms with van der Waals surface area (Å²) < 4.78 is 0. The standard InChI is InChI=1S/C15H15N3S2/c1-16-15-18-12(10-19-15)13-9-17-14(20-13)8-7-11-5-3-2-4-6-11/h2-6,9-10H,7-8H2,1H3,(H,16,18). The smallest absolute Gasteiger partial charge is 0.182 e. The lowest BCUT2D eigenvalue weighted by molar-refractivity contribution is 0.944. The van der Waals surface area contributed by atoms with Gasteiger partial charge in [0.2, 0.25) is 0 Å². The van der Waals surface area contributed by atoms with Gasteiger partial charge in [-0.05, 0) is 12.0 Å². The monoisotopic (exact) mass is 301 g/mol. The van der Waals surface area contributed by atoms with Gasteiger partial charge in [0.1, 0.15) is 0 Å². The topological polar surface area (TPSA) is 37.8 Å². The Balaban J connectivity index is 1.67. The van der Waals surface area contributed by atoms with Crippen molar-refractivity contribution in [3.05, 3.63) is 52.5 Å². The maximum atomic E-state index is 4.51. The highest BCUT2D eigenvalue weighted by Gasteiger charge is 2.08. The zero-order chi connectivity index (χ0) is 13.8. The summed E-state index contributed by atoms with van der Waals surface area (Å²) in [5.74, 6) is 0. The van der Waals surface area contributed by atoms with Gasteiger partial charge in [0, 0.05) is 25.0 Å². The van der Waals surface area contributed by atoms with Crippen LogP contribution < -0.4 is 5.32 Å². The Morgan fingerprint density at radius 2 is 2.00 bits per heavy atom. The van der Waals surface area contributed by atoms with Crippen molar-refractivity contribution in [3.8, 4) is 10.6 Å². The minimum atomic E-state index is 0.944. The van der Waals surface area contributed by atoms with Crippen molar-refractivity contribution in [2.45, 2.75) is 12.8 Å². The first-order valence-electron chi connectivity index (χ1n) is 6.47. The van der Waals surface area contributed by atoms with E-state index in [1.54, 1.807) is 22.7 Å². The van der Waals surface area contributed by atoms with Crippen LogP contribution in [0.3, 0.4) is 0 Å². The summed E-state index contributed by atoms with van der Waals surface area (Å²) >= 11 is 3.35. The summed E-state index contributed by atoms with van der Waals surface area (Å²) in [5.41, 5.74) is 2.37. The summed E-state index contributed by atoms with van der Waals surface area (Å²) in [4.78, 5) is 10.2. The number of benzene rings is 1. The van der Waals surface area contributed by atoms with Gasteiger partial charge in [-0.15, -0.1) is 22.7 Å². The summed E-state index contributed by atoms with van der Waals surface area (Å²) in [7, 11) is 1.89. The van der Waals surface area contributed by atoms with Crippen molar-refractivity contribution in [1.29, 1.82) is 0 Å². The van der Waals surface area contributed by atoms with Crippen molar-refractivity contribution in [3.63, 3.8) is 0 Å². The van der Waals surface area contributed by atoms with Crippen molar-refractivity contribution in [1.82, 2.24) is 9.97 Å². The van der Waals surface area contributed by atoms with Crippen LogP contribution in [-0.2, 0) is 12.8 Å². The Hall–Kier alpha value is -1.72. The normalized spacial score (nSPS) is 10.7. The van der Waals surface area contributed by atoms with E-state index in [1.165, 1.54) is 10.6 Å². The average molecular weight is 301 g/mol. The highest BCUT2D eigenvalue weighted by molar-refractivity contribution is 7.16. The molecule has 2 aromatic heterocycles. The molecule has 20 heavy (non-hydrogen) atoms. The second kappa shape index (κ2) is 6.15. The first-order chi connectivity index (χ1) is 9.85. The van der Waals surface area contributed by atoms with E-state index in [4.69, 9.17) is 0 Å². The predicted molar refractivity (Wildman–Crippen MR) is 86.6 cm³/mol. The molecule has 0 radical (unpaired) electrons. The van der Waals surface area contributed by atoms with Gasteiger partial charge in [0.05, 0.1) is 15.6 Å². The quantitative estimate of drug-likeness (QED) is 0.771. The second-order valence-corrected chi connectivity index (χ2v) is 6.37. The molecule has 0 bridgehead atoms. The molecule has 0 amide bonds. The van der Waals surface area contributed by atoms with Crippen molar-refractivity contribution >= 4 is 27.8 Å². The minimum Gasteiger partial charge on any atom is -0.365 e. The van der Waals surface area contributed by atoms with Crippen LogP contribution in [0.1, 0.15) is 10.6 Å². The lowest BCUT2D eigenvalue weighted by Crippen LogP contribution is -1.89. The van der Waals surface area contributed by atoms with Crippen LogP contribution in [0.25, 0.3) is 10.6 Å². The molecule has 0 atom stereocenters. The molecule has 0 saturated carbocycles. The fourth-order valence-corrected chi connectivity index (χ4v) is 3.57. The van der Waals surface area contributed by atoms with Crippen LogP contribution in [0.2, 0.25) is 0 Å². The lowest BCUT2D eigenvalue weighted by atomic mass is 10.1. The van der Waals surface area contributed by atoms with Gasteiger partial charge in [0.15, 0.2) is 5.13 Å². The van der Waals surface area contributed by atoms with E-state index in [2.05, 4.69) is 44.9 Å². The van der Waals surface area contributed by atoms with Crippen molar-refractivity contribution < 1.29 is 0 Å². The van der Waals surface area contributed by atoms with E-state index in [0.717, 1.165) is 28.5 Å². The number of nitrogens with one attached hydrogen (secondary N) is 1. The number of hydrogen-bond acceptors (Lipinski definition) is 5. The van der Waals surface area contributed by atoms with Gasteiger partial charge in [0.25, 0.3) is 0 Å². The molecular weight excluding hydrogens is 286 g/mol. The summed E-state index contributed by atoms with van der Waals surface area (Å²) in [5, 5.41) is 7.25. The van der Waals surface area contributed by atoms with Crippen LogP contribution in [0.5, 0.6) is 0 Å². The highest BCUT2D eigenvalue weighted by Crippen LogP contribution is 2.29. The molecule has 0 aliphatic carbocycles. The van der Waals surface area contributed by atoms with Gasteiger partial charge < -0.3 is 5.32 Å². The molecule has 102 valence electrons. The number of rotatable bonds is 5. The second-order valence-electron chi connectivity index (χ2n) is 4.39. The summed E-state index contributed by atoms with van der Waals surface area (Å²) in [6, 6.07) is 10.5. The molecule has 0 fully saturated rings. The highest BCUT2D eigenvalue weighted by atomic mass is 32.1. The number of thiazole rings is 2. The third-order valence-electron chi connectivity index (χ3n) is 2.99. The molecule has 2 heterocycles. The fourth-order valence-electron chi connectivity index (χ4n) is 1.94. The Labute approximate surface area is 126 Å². The number of nitrogens with zero attached hydrogens (tertiary/aromatic N) is 2. The summed E-state index contributed by atoms with van der Waals surface area (Å²) in [6.45, 7) is 0. The molecule has 0 spiro atoms. The van der Waals surface area contributed by atoms with E-state index in [0.29, 0.717) is 0 Å². The van der Waals surface area contributed by atoms with E-state index in [9.17, 15) is 0 Å². The number of anilines is 1. The molecule has 3 nitrogen and oxygen atoms in total. The van der Waals surface area contributed by atoms with Gasteiger partial charge in [-0.25, -0.2) is 9.97 Å². The first-order valence-corrected chi connectivity index (χ1v) is 8.17. The maximum Gasteiger partial charge on any atom is 0.182 e. The maximum absolute atomic E-state index is 4.51.